The van der Waals surface area contributed by atoms with Crippen molar-refractivity contribution in [3.05, 3.63) is 40.8 Å². The SMILES string of the molecule is O=c1oc2cc(O)cc(O)c2c(O)c1-c1ccc2cc1OCO2. The monoisotopic (exact) mass is 314 g/mol. The van der Waals surface area contributed by atoms with Gasteiger partial charge in [-0.05, 0) is 12.1 Å². The second-order valence-electron chi connectivity index (χ2n) is 5.02. The predicted molar refractivity (Wildman–Crippen MR) is 79.0 cm³/mol. The van der Waals surface area contributed by atoms with Gasteiger partial charge in [0.1, 0.15) is 45.3 Å². The van der Waals surface area contributed by atoms with Gasteiger partial charge in [-0.3, -0.25) is 0 Å². The van der Waals surface area contributed by atoms with Gasteiger partial charge in [-0.1, -0.05) is 0 Å². The number of rotatable bonds is 1. The highest BCUT2D eigenvalue weighted by atomic mass is 16.7. The van der Waals surface area contributed by atoms with Crippen molar-refractivity contribution in [1.82, 2.24) is 0 Å². The zero-order valence-corrected chi connectivity index (χ0v) is 11.6. The van der Waals surface area contributed by atoms with E-state index in [1.165, 1.54) is 0 Å². The zero-order valence-electron chi connectivity index (χ0n) is 11.6. The minimum atomic E-state index is -0.820. The fourth-order valence-corrected chi connectivity index (χ4v) is 2.59. The van der Waals surface area contributed by atoms with Gasteiger partial charge in [0.25, 0.3) is 0 Å². The van der Waals surface area contributed by atoms with Gasteiger partial charge in [-0.2, -0.15) is 0 Å². The Morgan fingerprint density at radius 2 is 1.83 bits per heavy atom. The summed E-state index contributed by atoms with van der Waals surface area (Å²) in [5.74, 6) is -0.212. The van der Waals surface area contributed by atoms with Crippen molar-refractivity contribution in [3.63, 3.8) is 0 Å². The third-order valence-corrected chi connectivity index (χ3v) is 3.61. The molecule has 1 aromatic heterocycles. The molecule has 3 N–H and O–H groups in total. The number of hydrogen-bond acceptors (Lipinski definition) is 7. The molecular weight excluding hydrogens is 304 g/mol. The van der Waals surface area contributed by atoms with E-state index in [9.17, 15) is 20.1 Å². The van der Waals surface area contributed by atoms with Gasteiger partial charge < -0.3 is 29.2 Å². The average Bonchev–Trinajstić information content (AvgIpc) is 2.48. The summed E-state index contributed by atoms with van der Waals surface area (Å²) < 4.78 is 15.6. The minimum Gasteiger partial charge on any atom is -0.508 e. The van der Waals surface area contributed by atoms with Crippen molar-refractivity contribution in [2.24, 2.45) is 0 Å². The molecule has 0 radical (unpaired) electrons. The molecule has 23 heavy (non-hydrogen) atoms. The molecule has 1 aliphatic heterocycles. The van der Waals surface area contributed by atoms with E-state index in [0.717, 1.165) is 12.1 Å². The van der Waals surface area contributed by atoms with Gasteiger partial charge >= 0.3 is 5.63 Å². The van der Waals surface area contributed by atoms with Crippen LogP contribution in [-0.4, -0.2) is 22.1 Å². The van der Waals surface area contributed by atoms with Crippen LogP contribution in [0.1, 0.15) is 0 Å². The maximum Gasteiger partial charge on any atom is 0.348 e. The summed E-state index contributed by atoms with van der Waals surface area (Å²) in [4.78, 5) is 12.3. The Bertz CT molecular complexity index is 1000. The topological polar surface area (TPSA) is 109 Å². The third kappa shape index (κ3) is 1.94. The van der Waals surface area contributed by atoms with E-state index in [1.807, 2.05) is 0 Å². The van der Waals surface area contributed by atoms with E-state index in [1.54, 1.807) is 18.2 Å². The fraction of sp³-hybridized carbons (Fsp3) is 0.0625. The van der Waals surface area contributed by atoms with Crippen LogP contribution in [0.5, 0.6) is 28.7 Å². The molecule has 0 spiro atoms. The van der Waals surface area contributed by atoms with Gasteiger partial charge in [-0.15, -0.1) is 0 Å². The van der Waals surface area contributed by atoms with Gasteiger partial charge in [0.05, 0.1) is 0 Å². The quantitative estimate of drug-likeness (QED) is 0.591. The Labute approximate surface area is 128 Å². The molecule has 0 fully saturated rings. The average molecular weight is 314 g/mol. The van der Waals surface area contributed by atoms with Crippen LogP contribution in [0.15, 0.2) is 39.5 Å². The lowest BCUT2D eigenvalue weighted by Crippen LogP contribution is -2.12. The molecule has 2 aromatic carbocycles. The molecule has 2 heterocycles. The first-order valence-corrected chi connectivity index (χ1v) is 6.66. The molecule has 0 atom stereocenters. The van der Waals surface area contributed by atoms with E-state index in [-0.39, 0.29) is 29.1 Å². The van der Waals surface area contributed by atoms with Crippen molar-refractivity contribution in [1.29, 1.82) is 0 Å². The maximum atomic E-state index is 12.3. The molecular formula is C16H10O7. The number of hydrogen-bond donors (Lipinski definition) is 3. The maximum absolute atomic E-state index is 12.3. The standard InChI is InChI=1S/C16H10O7/c17-7-3-10(18)14-12(4-7)23-16(20)13(15(14)19)9-2-1-8-5-11(9)22-6-21-8/h1-5,17-19H,6H2. The molecule has 3 aromatic rings. The lowest BCUT2D eigenvalue weighted by atomic mass is 10.0. The molecule has 0 unspecified atom stereocenters. The van der Waals surface area contributed by atoms with Crippen LogP contribution in [0.4, 0.5) is 0 Å². The Morgan fingerprint density at radius 3 is 2.65 bits per heavy atom. The molecule has 0 saturated carbocycles. The molecule has 2 bridgehead atoms. The number of phenols is 2. The van der Waals surface area contributed by atoms with Gasteiger partial charge in [0.15, 0.2) is 0 Å². The van der Waals surface area contributed by atoms with Crippen LogP contribution in [-0.2, 0) is 0 Å². The van der Waals surface area contributed by atoms with Crippen molar-refractivity contribution < 1.29 is 29.2 Å². The smallest absolute Gasteiger partial charge is 0.348 e. The van der Waals surface area contributed by atoms with Gasteiger partial charge in [-0.25, -0.2) is 4.79 Å². The second-order valence-corrected chi connectivity index (χ2v) is 5.02. The van der Waals surface area contributed by atoms with Gasteiger partial charge in [0, 0.05) is 23.8 Å². The summed E-state index contributed by atoms with van der Waals surface area (Å²) in [6.07, 6.45) is 0. The summed E-state index contributed by atoms with van der Waals surface area (Å²) in [6.45, 7) is -0.00615. The molecule has 0 aliphatic carbocycles. The van der Waals surface area contributed by atoms with Crippen molar-refractivity contribution in [2.45, 2.75) is 0 Å². The van der Waals surface area contributed by atoms with Crippen LogP contribution in [0.2, 0.25) is 0 Å². The highest BCUT2D eigenvalue weighted by molar-refractivity contribution is 5.96. The van der Waals surface area contributed by atoms with Gasteiger partial charge in [0.2, 0.25) is 6.79 Å². The van der Waals surface area contributed by atoms with E-state index >= 15 is 0 Å². The van der Waals surface area contributed by atoms with Crippen LogP contribution < -0.4 is 15.1 Å². The molecule has 0 amide bonds. The highest BCUT2D eigenvalue weighted by Crippen LogP contribution is 2.43. The van der Waals surface area contributed by atoms with E-state index < -0.39 is 17.1 Å². The lowest BCUT2D eigenvalue weighted by molar-refractivity contribution is 0.106. The van der Waals surface area contributed by atoms with Crippen LogP contribution in [0, 0.1) is 0 Å². The van der Waals surface area contributed by atoms with E-state index in [4.69, 9.17) is 13.9 Å². The number of fused-ring (bicyclic) bond motifs is 3. The Hall–Kier alpha value is -3.35. The summed E-state index contributed by atoms with van der Waals surface area (Å²) in [5, 5.41) is 29.8. The first kappa shape index (κ1) is 13.3. The first-order valence-electron chi connectivity index (χ1n) is 6.66. The van der Waals surface area contributed by atoms with Crippen LogP contribution in [0.25, 0.3) is 22.1 Å². The van der Waals surface area contributed by atoms with Crippen molar-refractivity contribution >= 4 is 11.0 Å². The lowest BCUT2D eigenvalue weighted by Gasteiger charge is -2.19. The van der Waals surface area contributed by atoms with Crippen LogP contribution in [0.3, 0.4) is 0 Å². The number of benzene rings is 2. The molecule has 4 rings (SSSR count). The van der Waals surface area contributed by atoms with Crippen molar-refractivity contribution in [2.75, 3.05) is 6.79 Å². The van der Waals surface area contributed by atoms with Crippen LogP contribution >= 0.6 is 0 Å². The first-order chi connectivity index (χ1) is 11.0. The number of phenolic OH excluding ortho intramolecular Hbond substituents is 2. The number of ether oxygens (including phenoxy) is 2. The Morgan fingerprint density at radius 1 is 1.00 bits per heavy atom. The summed E-state index contributed by atoms with van der Waals surface area (Å²) >= 11 is 0. The summed E-state index contributed by atoms with van der Waals surface area (Å²) in [7, 11) is 0. The summed E-state index contributed by atoms with van der Waals surface area (Å²) in [5.41, 5.74) is -0.762. The Kier molecular flexibility index (Phi) is 2.65. The van der Waals surface area contributed by atoms with E-state index in [0.29, 0.717) is 17.1 Å². The Balaban J connectivity index is 2.07. The fourth-order valence-electron chi connectivity index (χ4n) is 2.59. The zero-order chi connectivity index (χ0) is 16.1. The molecule has 0 saturated heterocycles. The normalized spacial score (nSPS) is 12.7. The van der Waals surface area contributed by atoms with Crippen molar-refractivity contribution in [3.8, 4) is 39.9 Å². The molecule has 1 aliphatic rings. The highest BCUT2D eigenvalue weighted by Gasteiger charge is 2.23. The molecule has 7 heteroatoms. The second kappa shape index (κ2) is 4.57. The molecule has 7 nitrogen and oxygen atoms in total. The largest absolute Gasteiger partial charge is 0.508 e. The third-order valence-electron chi connectivity index (χ3n) is 3.61. The van der Waals surface area contributed by atoms with E-state index in [2.05, 4.69) is 0 Å². The molecule has 116 valence electrons. The minimum absolute atomic E-state index is 0.00615. The number of aromatic hydroxyl groups is 3. The predicted octanol–water partition coefficient (Wildman–Crippen LogP) is 2.31. The summed E-state index contributed by atoms with van der Waals surface area (Å²) in [6, 6.07) is 6.94.